The number of halogens is 1. The number of rotatable bonds is 4. The van der Waals surface area contributed by atoms with Gasteiger partial charge in [0.2, 0.25) is 11.8 Å². The molecule has 21 heavy (non-hydrogen) atoms. The van der Waals surface area contributed by atoms with Crippen molar-refractivity contribution >= 4 is 24.2 Å². The van der Waals surface area contributed by atoms with Crippen LogP contribution in [0.3, 0.4) is 0 Å². The number of nitrogens with one attached hydrogen (secondary N) is 1. The number of carbonyl (C=O) groups is 2. The molecule has 2 amide bonds. The van der Waals surface area contributed by atoms with Crippen molar-refractivity contribution in [1.29, 1.82) is 0 Å². The largest absolute Gasteiger partial charge is 0.339 e. The zero-order valence-corrected chi connectivity index (χ0v) is 14.0. The molecule has 0 bridgehead atoms. The van der Waals surface area contributed by atoms with Crippen LogP contribution in [0.25, 0.3) is 0 Å². The first-order chi connectivity index (χ1) is 9.58. The van der Waals surface area contributed by atoms with E-state index in [2.05, 4.69) is 5.32 Å². The molecule has 2 aliphatic rings. The van der Waals surface area contributed by atoms with Crippen LogP contribution in [0.5, 0.6) is 0 Å². The molecule has 0 aromatic rings. The predicted molar refractivity (Wildman–Crippen MR) is 85.5 cm³/mol. The molecule has 0 aromatic heterocycles. The van der Waals surface area contributed by atoms with Crippen molar-refractivity contribution in [3.63, 3.8) is 0 Å². The first kappa shape index (κ1) is 18.2. The fourth-order valence-electron chi connectivity index (χ4n) is 3.00. The van der Waals surface area contributed by atoms with Gasteiger partial charge in [-0.3, -0.25) is 9.59 Å². The zero-order valence-electron chi connectivity index (χ0n) is 13.1. The zero-order chi connectivity index (χ0) is 14.5. The SMILES string of the molecule is CC(C)C(=O)N1CCN(C(=O)CCC2CCCN2)CC1.Cl. The number of carbonyl (C=O) groups excluding carboxylic acids is 2. The maximum absolute atomic E-state index is 12.2. The molecule has 0 saturated carbocycles. The van der Waals surface area contributed by atoms with Gasteiger partial charge < -0.3 is 15.1 Å². The summed E-state index contributed by atoms with van der Waals surface area (Å²) < 4.78 is 0. The van der Waals surface area contributed by atoms with Gasteiger partial charge in [-0.25, -0.2) is 0 Å². The Morgan fingerprint density at radius 1 is 1.14 bits per heavy atom. The van der Waals surface area contributed by atoms with E-state index in [1.807, 2.05) is 23.6 Å². The van der Waals surface area contributed by atoms with E-state index >= 15 is 0 Å². The van der Waals surface area contributed by atoms with Crippen LogP contribution in [-0.4, -0.2) is 60.4 Å². The molecule has 0 aliphatic carbocycles. The monoisotopic (exact) mass is 317 g/mol. The van der Waals surface area contributed by atoms with E-state index in [0.29, 0.717) is 38.6 Å². The molecular formula is C15H28ClN3O2. The van der Waals surface area contributed by atoms with E-state index in [1.165, 1.54) is 12.8 Å². The Labute approximate surface area is 133 Å². The average Bonchev–Trinajstić information content (AvgIpc) is 2.97. The van der Waals surface area contributed by atoms with Gasteiger partial charge in [0.1, 0.15) is 0 Å². The van der Waals surface area contributed by atoms with Crippen molar-refractivity contribution < 1.29 is 9.59 Å². The van der Waals surface area contributed by atoms with Crippen molar-refractivity contribution in [3.05, 3.63) is 0 Å². The number of hydrogen-bond acceptors (Lipinski definition) is 3. The molecule has 0 aromatic carbocycles. The summed E-state index contributed by atoms with van der Waals surface area (Å²) in [7, 11) is 0. The first-order valence-electron chi connectivity index (χ1n) is 7.88. The van der Waals surface area contributed by atoms with Crippen molar-refractivity contribution in [2.24, 2.45) is 5.92 Å². The Balaban J connectivity index is 0.00000220. The fraction of sp³-hybridized carbons (Fsp3) is 0.867. The van der Waals surface area contributed by atoms with Gasteiger partial charge in [0, 0.05) is 44.6 Å². The summed E-state index contributed by atoms with van der Waals surface area (Å²) in [5.41, 5.74) is 0. The summed E-state index contributed by atoms with van der Waals surface area (Å²) in [5.74, 6) is 0.494. The fourth-order valence-corrected chi connectivity index (χ4v) is 3.00. The highest BCUT2D eigenvalue weighted by Crippen LogP contribution is 2.13. The number of nitrogens with zero attached hydrogens (tertiary/aromatic N) is 2. The minimum absolute atomic E-state index is 0. The van der Waals surface area contributed by atoms with E-state index < -0.39 is 0 Å². The molecular weight excluding hydrogens is 290 g/mol. The molecule has 6 heteroatoms. The molecule has 0 spiro atoms. The van der Waals surface area contributed by atoms with Crippen LogP contribution in [0.1, 0.15) is 39.5 Å². The molecule has 0 radical (unpaired) electrons. The summed E-state index contributed by atoms with van der Waals surface area (Å²) in [4.78, 5) is 27.8. The Morgan fingerprint density at radius 2 is 1.76 bits per heavy atom. The third kappa shape index (κ3) is 5.15. The molecule has 2 fully saturated rings. The van der Waals surface area contributed by atoms with Gasteiger partial charge >= 0.3 is 0 Å². The van der Waals surface area contributed by atoms with Crippen LogP contribution in [-0.2, 0) is 9.59 Å². The predicted octanol–water partition coefficient (Wildman–Crippen LogP) is 1.27. The topological polar surface area (TPSA) is 52.7 Å². The highest BCUT2D eigenvalue weighted by atomic mass is 35.5. The molecule has 2 heterocycles. The Kier molecular flexibility index (Phi) is 7.46. The molecule has 1 unspecified atom stereocenters. The van der Waals surface area contributed by atoms with E-state index in [1.54, 1.807) is 0 Å². The quantitative estimate of drug-likeness (QED) is 0.849. The van der Waals surface area contributed by atoms with Crippen LogP contribution in [0, 0.1) is 5.92 Å². The molecule has 2 rings (SSSR count). The lowest BCUT2D eigenvalue weighted by atomic mass is 10.1. The molecule has 2 saturated heterocycles. The average molecular weight is 318 g/mol. The van der Waals surface area contributed by atoms with Crippen LogP contribution >= 0.6 is 12.4 Å². The van der Waals surface area contributed by atoms with Gasteiger partial charge in [-0.2, -0.15) is 0 Å². The maximum atomic E-state index is 12.2. The van der Waals surface area contributed by atoms with Gasteiger partial charge in [0.25, 0.3) is 0 Å². The van der Waals surface area contributed by atoms with Crippen molar-refractivity contribution in [2.75, 3.05) is 32.7 Å². The summed E-state index contributed by atoms with van der Waals surface area (Å²) >= 11 is 0. The van der Waals surface area contributed by atoms with Crippen LogP contribution in [0.2, 0.25) is 0 Å². The second-order valence-corrected chi connectivity index (χ2v) is 6.19. The highest BCUT2D eigenvalue weighted by molar-refractivity contribution is 5.85. The van der Waals surface area contributed by atoms with Gasteiger partial charge in [-0.15, -0.1) is 12.4 Å². The van der Waals surface area contributed by atoms with Crippen molar-refractivity contribution in [1.82, 2.24) is 15.1 Å². The third-order valence-corrected chi connectivity index (χ3v) is 4.31. The lowest BCUT2D eigenvalue weighted by Gasteiger charge is -2.35. The van der Waals surface area contributed by atoms with Crippen molar-refractivity contribution in [2.45, 2.75) is 45.6 Å². The minimum atomic E-state index is 0. The van der Waals surface area contributed by atoms with E-state index in [9.17, 15) is 9.59 Å². The first-order valence-corrected chi connectivity index (χ1v) is 7.88. The number of hydrogen-bond donors (Lipinski definition) is 1. The standard InChI is InChI=1S/C15H27N3O2.ClH/c1-12(2)15(20)18-10-8-17(9-11-18)14(19)6-5-13-4-3-7-16-13;/h12-13,16H,3-11H2,1-2H3;1H. The highest BCUT2D eigenvalue weighted by Gasteiger charge is 2.25. The summed E-state index contributed by atoms with van der Waals surface area (Å²) in [5, 5.41) is 3.43. The van der Waals surface area contributed by atoms with E-state index in [0.717, 1.165) is 13.0 Å². The second kappa shape index (κ2) is 8.59. The molecule has 5 nitrogen and oxygen atoms in total. The Morgan fingerprint density at radius 3 is 2.29 bits per heavy atom. The number of amides is 2. The lowest BCUT2D eigenvalue weighted by molar-refractivity contribution is -0.141. The third-order valence-electron chi connectivity index (χ3n) is 4.31. The number of piperazine rings is 1. The van der Waals surface area contributed by atoms with E-state index in [4.69, 9.17) is 0 Å². The van der Waals surface area contributed by atoms with Crippen LogP contribution in [0.4, 0.5) is 0 Å². The van der Waals surface area contributed by atoms with Crippen LogP contribution < -0.4 is 5.32 Å². The Hall–Kier alpha value is -0.810. The Bertz CT molecular complexity index is 349. The second-order valence-electron chi connectivity index (χ2n) is 6.19. The van der Waals surface area contributed by atoms with Gasteiger partial charge in [0.05, 0.1) is 0 Å². The molecule has 2 aliphatic heterocycles. The smallest absolute Gasteiger partial charge is 0.225 e. The summed E-state index contributed by atoms with van der Waals surface area (Å²) in [6.07, 6.45) is 4.01. The normalized spacial score (nSPS) is 22.3. The molecule has 1 atom stereocenters. The molecule has 122 valence electrons. The van der Waals surface area contributed by atoms with E-state index in [-0.39, 0.29) is 30.1 Å². The minimum Gasteiger partial charge on any atom is -0.339 e. The summed E-state index contributed by atoms with van der Waals surface area (Å²) in [6.45, 7) is 7.69. The summed E-state index contributed by atoms with van der Waals surface area (Å²) in [6, 6.07) is 0.530. The van der Waals surface area contributed by atoms with Crippen LogP contribution in [0.15, 0.2) is 0 Å². The van der Waals surface area contributed by atoms with Crippen molar-refractivity contribution in [3.8, 4) is 0 Å². The van der Waals surface area contributed by atoms with Gasteiger partial charge in [-0.1, -0.05) is 13.8 Å². The van der Waals surface area contributed by atoms with Gasteiger partial charge in [0.15, 0.2) is 0 Å². The molecule has 1 N–H and O–H groups in total. The lowest BCUT2D eigenvalue weighted by Crippen LogP contribution is -2.51. The van der Waals surface area contributed by atoms with Gasteiger partial charge in [-0.05, 0) is 25.8 Å². The maximum Gasteiger partial charge on any atom is 0.225 e.